The van der Waals surface area contributed by atoms with Gasteiger partial charge < -0.3 is 14.2 Å². The van der Waals surface area contributed by atoms with E-state index in [2.05, 4.69) is 15.3 Å². The van der Waals surface area contributed by atoms with Gasteiger partial charge in [0.05, 0.1) is 25.1 Å². The molecule has 0 saturated carbocycles. The standard InChI is InChI=1S/C14H16N4O3/c1-19-12-8-21-13-11(7-20-14(12)13)18-6-10(16-17-18)9-4-2-3-5-15-9/h2-6,11-14H,7-8H2,1H3/t11-,12-,13-,14+/m0/s1. The van der Waals surface area contributed by atoms with Gasteiger partial charge in [0.25, 0.3) is 0 Å². The Morgan fingerprint density at radius 2 is 2.10 bits per heavy atom. The fourth-order valence-corrected chi connectivity index (χ4v) is 2.94. The lowest BCUT2D eigenvalue weighted by atomic mass is 10.1. The minimum absolute atomic E-state index is 0.00113. The van der Waals surface area contributed by atoms with Crippen LogP contribution in [0.1, 0.15) is 6.04 Å². The number of ether oxygens (including phenoxy) is 3. The van der Waals surface area contributed by atoms with Crippen molar-refractivity contribution in [1.82, 2.24) is 20.0 Å². The predicted octanol–water partition coefficient (Wildman–Crippen LogP) is 0.694. The van der Waals surface area contributed by atoms with E-state index in [-0.39, 0.29) is 24.4 Å². The molecule has 2 aliphatic heterocycles. The molecule has 0 amide bonds. The van der Waals surface area contributed by atoms with Crippen molar-refractivity contribution in [3.63, 3.8) is 0 Å². The van der Waals surface area contributed by atoms with E-state index >= 15 is 0 Å². The molecule has 2 aliphatic rings. The van der Waals surface area contributed by atoms with E-state index in [0.29, 0.717) is 13.2 Å². The van der Waals surface area contributed by atoms with Gasteiger partial charge in [-0.3, -0.25) is 4.98 Å². The van der Waals surface area contributed by atoms with Crippen molar-refractivity contribution in [2.75, 3.05) is 20.3 Å². The van der Waals surface area contributed by atoms with Crippen molar-refractivity contribution >= 4 is 0 Å². The Bertz CT molecular complexity index is 618. The van der Waals surface area contributed by atoms with E-state index in [9.17, 15) is 0 Å². The molecular formula is C14H16N4O3. The van der Waals surface area contributed by atoms with Gasteiger partial charge in [-0.25, -0.2) is 4.68 Å². The second-order valence-electron chi connectivity index (χ2n) is 5.24. The number of methoxy groups -OCH3 is 1. The van der Waals surface area contributed by atoms with Crippen molar-refractivity contribution in [3.05, 3.63) is 30.6 Å². The lowest BCUT2D eigenvalue weighted by molar-refractivity contribution is -0.00910. The van der Waals surface area contributed by atoms with Crippen LogP contribution in [0.4, 0.5) is 0 Å². The van der Waals surface area contributed by atoms with Crippen LogP contribution in [-0.2, 0) is 14.2 Å². The summed E-state index contributed by atoms with van der Waals surface area (Å²) in [5, 5.41) is 8.40. The van der Waals surface area contributed by atoms with Gasteiger partial charge in [-0.15, -0.1) is 5.10 Å². The Labute approximate surface area is 121 Å². The number of nitrogens with zero attached hydrogens (tertiary/aromatic N) is 4. The van der Waals surface area contributed by atoms with Crippen LogP contribution in [-0.4, -0.2) is 58.6 Å². The molecule has 0 N–H and O–H groups in total. The Morgan fingerprint density at radius 3 is 2.90 bits per heavy atom. The first-order chi connectivity index (χ1) is 10.4. The van der Waals surface area contributed by atoms with Gasteiger partial charge in [-0.1, -0.05) is 11.3 Å². The van der Waals surface area contributed by atoms with Gasteiger partial charge in [0.1, 0.15) is 30.0 Å². The van der Waals surface area contributed by atoms with Gasteiger partial charge in [-0.2, -0.15) is 0 Å². The van der Waals surface area contributed by atoms with E-state index in [4.69, 9.17) is 14.2 Å². The van der Waals surface area contributed by atoms with Crippen LogP contribution in [0, 0.1) is 0 Å². The molecule has 4 atom stereocenters. The number of pyridine rings is 1. The highest BCUT2D eigenvalue weighted by molar-refractivity contribution is 5.51. The van der Waals surface area contributed by atoms with Crippen LogP contribution in [0.15, 0.2) is 30.6 Å². The second-order valence-corrected chi connectivity index (χ2v) is 5.24. The van der Waals surface area contributed by atoms with Gasteiger partial charge in [0.2, 0.25) is 0 Å². The monoisotopic (exact) mass is 288 g/mol. The summed E-state index contributed by atoms with van der Waals surface area (Å²) in [5.41, 5.74) is 1.56. The van der Waals surface area contributed by atoms with Crippen molar-refractivity contribution < 1.29 is 14.2 Å². The molecule has 110 valence electrons. The fraction of sp³-hybridized carbons (Fsp3) is 0.500. The van der Waals surface area contributed by atoms with Crippen LogP contribution < -0.4 is 0 Å². The van der Waals surface area contributed by atoms with Crippen molar-refractivity contribution in [3.8, 4) is 11.4 Å². The van der Waals surface area contributed by atoms with E-state index in [1.165, 1.54) is 0 Å². The molecule has 2 saturated heterocycles. The van der Waals surface area contributed by atoms with Crippen molar-refractivity contribution in [2.45, 2.75) is 24.4 Å². The molecule has 2 fully saturated rings. The van der Waals surface area contributed by atoms with Gasteiger partial charge >= 0.3 is 0 Å². The Morgan fingerprint density at radius 1 is 1.19 bits per heavy atom. The smallest absolute Gasteiger partial charge is 0.131 e. The van der Waals surface area contributed by atoms with Crippen LogP contribution >= 0.6 is 0 Å². The molecule has 0 radical (unpaired) electrons. The molecule has 4 heterocycles. The summed E-state index contributed by atoms with van der Waals surface area (Å²) in [6.45, 7) is 1.12. The summed E-state index contributed by atoms with van der Waals surface area (Å²) >= 11 is 0. The molecule has 21 heavy (non-hydrogen) atoms. The van der Waals surface area contributed by atoms with E-state index in [0.717, 1.165) is 11.4 Å². The van der Waals surface area contributed by atoms with E-state index < -0.39 is 0 Å². The summed E-state index contributed by atoms with van der Waals surface area (Å²) in [5.74, 6) is 0. The summed E-state index contributed by atoms with van der Waals surface area (Å²) in [6.07, 6.45) is 3.57. The van der Waals surface area contributed by atoms with Gasteiger partial charge in [0.15, 0.2) is 0 Å². The van der Waals surface area contributed by atoms with Gasteiger partial charge in [-0.05, 0) is 12.1 Å². The number of hydrogen-bond donors (Lipinski definition) is 0. The highest BCUT2D eigenvalue weighted by Gasteiger charge is 2.49. The van der Waals surface area contributed by atoms with Crippen molar-refractivity contribution in [2.24, 2.45) is 0 Å². The minimum Gasteiger partial charge on any atom is -0.376 e. The maximum Gasteiger partial charge on any atom is 0.131 e. The van der Waals surface area contributed by atoms with E-state index in [1.54, 1.807) is 13.3 Å². The quantitative estimate of drug-likeness (QED) is 0.827. The fourth-order valence-electron chi connectivity index (χ4n) is 2.94. The first-order valence-corrected chi connectivity index (χ1v) is 6.96. The molecule has 0 aromatic carbocycles. The lowest BCUT2D eigenvalue weighted by Gasteiger charge is -2.15. The first kappa shape index (κ1) is 12.9. The topological polar surface area (TPSA) is 71.3 Å². The molecule has 2 aromatic rings. The van der Waals surface area contributed by atoms with Crippen LogP contribution in [0.5, 0.6) is 0 Å². The molecule has 4 rings (SSSR count). The zero-order chi connectivity index (χ0) is 14.2. The molecule has 0 spiro atoms. The minimum atomic E-state index is -0.0340. The maximum atomic E-state index is 5.81. The zero-order valence-electron chi connectivity index (χ0n) is 11.6. The first-order valence-electron chi connectivity index (χ1n) is 6.96. The molecular weight excluding hydrogens is 272 g/mol. The Kier molecular flexibility index (Phi) is 3.17. The summed E-state index contributed by atoms with van der Waals surface area (Å²) in [6, 6.07) is 5.75. The summed E-state index contributed by atoms with van der Waals surface area (Å²) in [7, 11) is 1.68. The van der Waals surface area contributed by atoms with Gasteiger partial charge in [0, 0.05) is 13.3 Å². The second kappa shape index (κ2) is 5.18. The number of rotatable bonds is 3. The third-order valence-corrected chi connectivity index (χ3v) is 4.06. The van der Waals surface area contributed by atoms with E-state index in [1.807, 2.05) is 29.1 Å². The van der Waals surface area contributed by atoms with Crippen LogP contribution in [0.2, 0.25) is 0 Å². The molecule has 0 bridgehead atoms. The number of fused-ring (bicyclic) bond motifs is 1. The third kappa shape index (κ3) is 2.14. The molecule has 7 heteroatoms. The van der Waals surface area contributed by atoms with Crippen LogP contribution in [0.3, 0.4) is 0 Å². The highest BCUT2D eigenvalue weighted by atomic mass is 16.6. The molecule has 0 unspecified atom stereocenters. The molecule has 2 aromatic heterocycles. The summed E-state index contributed by atoms with van der Waals surface area (Å²) < 4.78 is 18.8. The largest absolute Gasteiger partial charge is 0.376 e. The van der Waals surface area contributed by atoms with Crippen molar-refractivity contribution in [1.29, 1.82) is 0 Å². The lowest BCUT2D eigenvalue weighted by Crippen LogP contribution is -2.31. The average molecular weight is 288 g/mol. The normalized spacial score (nSPS) is 31.5. The Balaban J connectivity index is 1.57. The number of hydrogen-bond acceptors (Lipinski definition) is 6. The molecule has 7 nitrogen and oxygen atoms in total. The summed E-state index contributed by atoms with van der Waals surface area (Å²) in [4.78, 5) is 4.28. The Hall–Kier alpha value is -1.83. The number of aromatic nitrogens is 4. The van der Waals surface area contributed by atoms with Crippen LogP contribution in [0.25, 0.3) is 11.4 Å². The zero-order valence-corrected chi connectivity index (χ0v) is 11.6. The molecule has 0 aliphatic carbocycles. The predicted molar refractivity (Wildman–Crippen MR) is 72.6 cm³/mol. The maximum absolute atomic E-state index is 5.81. The third-order valence-electron chi connectivity index (χ3n) is 4.06. The highest BCUT2D eigenvalue weighted by Crippen LogP contribution is 2.35. The SMILES string of the molecule is CO[C@H]1CO[C@@H]2[C@@H]1OC[C@@H]2n1cc(-c2ccccn2)nn1. The average Bonchev–Trinajstić information content (AvgIpc) is 3.23.